The van der Waals surface area contributed by atoms with Gasteiger partial charge in [-0.25, -0.2) is 0 Å². The molecule has 1 aliphatic rings. The highest BCUT2D eigenvalue weighted by atomic mass is 35.5. The highest BCUT2D eigenvalue weighted by Crippen LogP contribution is 2.19. The van der Waals surface area contributed by atoms with Crippen molar-refractivity contribution < 1.29 is 9.86 Å². The van der Waals surface area contributed by atoms with Crippen molar-refractivity contribution in [2.45, 2.75) is 0 Å². The van der Waals surface area contributed by atoms with Crippen LogP contribution in [0, 0.1) is 5.21 Å². The summed E-state index contributed by atoms with van der Waals surface area (Å²) in [6.45, 7) is 2.01. The molecule has 1 aromatic heterocycles. The van der Waals surface area contributed by atoms with Gasteiger partial charge in [0.25, 0.3) is 5.91 Å². The maximum Gasteiger partial charge on any atom is 0.254 e. The molecule has 22 heavy (non-hydrogen) atoms. The van der Waals surface area contributed by atoms with E-state index in [9.17, 15) is 10.0 Å². The summed E-state index contributed by atoms with van der Waals surface area (Å²) in [6, 6.07) is 11.4. The number of carbonyl (C=O) groups is 1. The van der Waals surface area contributed by atoms with Crippen LogP contribution in [0.5, 0.6) is 0 Å². The second-order valence-electron chi connectivity index (χ2n) is 5.14. The first kappa shape index (κ1) is 16.4. The molecule has 0 spiro atoms. The zero-order valence-corrected chi connectivity index (χ0v) is 12.9. The number of hydrogen-bond acceptors (Lipinski definition) is 3. The molecule has 0 atom stereocenters. The first-order valence-electron chi connectivity index (χ1n) is 7.05. The van der Waals surface area contributed by atoms with Crippen LogP contribution < -0.4 is 5.06 Å². The Labute approximate surface area is 135 Å². The number of benzene rings is 1. The SMILES string of the molecule is Cl.O=C(c1ccc(-c2ccncc2)cc1)N1CC[NH+]([O-])CC1. The number of aromatic nitrogens is 1. The number of hydroxylamine groups is 2. The second kappa shape index (κ2) is 7.35. The zero-order valence-electron chi connectivity index (χ0n) is 12.1. The van der Waals surface area contributed by atoms with Crippen molar-refractivity contribution in [1.82, 2.24) is 9.88 Å². The minimum Gasteiger partial charge on any atom is -0.634 e. The molecule has 1 fully saturated rings. The fourth-order valence-corrected chi connectivity index (χ4v) is 2.49. The predicted octanol–water partition coefficient (Wildman–Crippen LogP) is 1.01. The summed E-state index contributed by atoms with van der Waals surface area (Å²) in [6.07, 6.45) is 3.50. The summed E-state index contributed by atoms with van der Waals surface area (Å²) < 4.78 is 0. The quantitative estimate of drug-likeness (QED) is 0.840. The number of pyridine rings is 1. The van der Waals surface area contributed by atoms with Crippen molar-refractivity contribution in [3.05, 3.63) is 59.6 Å². The molecule has 3 rings (SSSR count). The molecule has 2 heterocycles. The molecular formula is C16H18ClN3O2. The van der Waals surface area contributed by atoms with Crippen LogP contribution >= 0.6 is 12.4 Å². The fourth-order valence-electron chi connectivity index (χ4n) is 2.49. The maximum absolute atomic E-state index is 12.4. The van der Waals surface area contributed by atoms with E-state index in [0.29, 0.717) is 31.7 Å². The van der Waals surface area contributed by atoms with Gasteiger partial charge in [-0.1, -0.05) is 12.1 Å². The first-order valence-corrected chi connectivity index (χ1v) is 7.05. The van der Waals surface area contributed by atoms with Crippen LogP contribution in [-0.4, -0.2) is 42.0 Å². The van der Waals surface area contributed by atoms with Crippen LogP contribution in [0.2, 0.25) is 0 Å². The van der Waals surface area contributed by atoms with Crippen molar-refractivity contribution in [3.63, 3.8) is 0 Å². The van der Waals surface area contributed by atoms with Crippen molar-refractivity contribution in [3.8, 4) is 11.1 Å². The molecular weight excluding hydrogens is 302 g/mol. The first-order chi connectivity index (χ1) is 10.2. The van der Waals surface area contributed by atoms with Crippen LogP contribution in [0.15, 0.2) is 48.8 Å². The number of nitrogens with zero attached hydrogens (tertiary/aromatic N) is 2. The summed E-state index contributed by atoms with van der Waals surface area (Å²) in [4.78, 5) is 18.1. The lowest BCUT2D eigenvalue weighted by Crippen LogP contribution is -3.10. The summed E-state index contributed by atoms with van der Waals surface area (Å²) >= 11 is 0. The third kappa shape index (κ3) is 3.62. The second-order valence-corrected chi connectivity index (χ2v) is 5.14. The average molecular weight is 320 g/mol. The summed E-state index contributed by atoms with van der Waals surface area (Å²) in [5, 5.41) is 11.5. The lowest BCUT2D eigenvalue weighted by Gasteiger charge is -2.34. The summed E-state index contributed by atoms with van der Waals surface area (Å²) in [7, 11) is 0. The molecule has 5 nitrogen and oxygen atoms in total. The molecule has 1 N–H and O–H groups in total. The molecule has 0 unspecified atom stereocenters. The molecule has 6 heteroatoms. The van der Waals surface area contributed by atoms with Gasteiger partial charge in [-0.2, -0.15) is 0 Å². The molecule has 1 saturated heterocycles. The van der Waals surface area contributed by atoms with E-state index in [1.807, 2.05) is 36.4 Å². The van der Waals surface area contributed by atoms with E-state index in [0.717, 1.165) is 11.1 Å². The topological polar surface area (TPSA) is 60.7 Å². The van der Waals surface area contributed by atoms with Gasteiger partial charge in [0.1, 0.15) is 0 Å². The average Bonchev–Trinajstić information content (AvgIpc) is 2.56. The van der Waals surface area contributed by atoms with E-state index in [-0.39, 0.29) is 23.4 Å². The number of piperazine rings is 1. The Morgan fingerprint density at radius 1 is 1.00 bits per heavy atom. The lowest BCUT2D eigenvalue weighted by molar-refractivity contribution is -0.852. The van der Waals surface area contributed by atoms with E-state index < -0.39 is 0 Å². The highest BCUT2D eigenvalue weighted by molar-refractivity contribution is 5.94. The molecule has 116 valence electrons. The van der Waals surface area contributed by atoms with Gasteiger partial charge in [0.15, 0.2) is 0 Å². The molecule has 1 aromatic carbocycles. The van der Waals surface area contributed by atoms with Gasteiger partial charge in [-0.15, -0.1) is 12.4 Å². The predicted molar refractivity (Wildman–Crippen MR) is 86.9 cm³/mol. The van der Waals surface area contributed by atoms with Gasteiger partial charge >= 0.3 is 0 Å². The molecule has 0 aliphatic carbocycles. The molecule has 0 radical (unpaired) electrons. The van der Waals surface area contributed by atoms with Gasteiger partial charge in [0.05, 0.1) is 26.2 Å². The van der Waals surface area contributed by atoms with E-state index in [1.165, 1.54) is 0 Å². The normalized spacial score (nSPS) is 15.2. The van der Waals surface area contributed by atoms with Crippen molar-refractivity contribution in [2.24, 2.45) is 0 Å². The largest absolute Gasteiger partial charge is 0.634 e. The number of hydrogen-bond donors (Lipinski definition) is 1. The van der Waals surface area contributed by atoms with E-state index >= 15 is 0 Å². The number of halogens is 1. The van der Waals surface area contributed by atoms with Gasteiger partial charge in [-0.05, 0) is 35.4 Å². The lowest BCUT2D eigenvalue weighted by atomic mass is 10.0. The molecule has 0 saturated carbocycles. The van der Waals surface area contributed by atoms with Crippen LogP contribution in [0.3, 0.4) is 0 Å². The maximum atomic E-state index is 12.4. The van der Waals surface area contributed by atoms with E-state index in [4.69, 9.17) is 0 Å². The molecule has 2 aromatic rings. The van der Waals surface area contributed by atoms with Gasteiger partial charge in [-0.3, -0.25) is 9.78 Å². The number of rotatable bonds is 2. The van der Waals surface area contributed by atoms with Crippen LogP contribution in [0.4, 0.5) is 0 Å². The van der Waals surface area contributed by atoms with Gasteiger partial charge in [0.2, 0.25) is 0 Å². The Morgan fingerprint density at radius 3 is 2.14 bits per heavy atom. The van der Waals surface area contributed by atoms with Crippen molar-refractivity contribution in [2.75, 3.05) is 26.2 Å². The highest BCUT2D eigenvalue weighted by Gasteiger charge is 2.21. The van der Waals surface area contributed by atoms with Gasteiger partial charge in [0, 0.05) is 18.0 Å². The Bertz CT molecular complexity index is 611. The smallest absolute Gasteiger partial charge is 0.254 e. The van der Waals surface area contributed by atoms with E-state index in [1.54, 1.807) is 17.3 Å². The standard InChI is InChI=1S/C16H17N3O2.ClH/c20-16(18-9-11-19(21)12-10-18)15-3-1-13(2-4-15)14-5-7-17-8-6-14;/h1-8,19H,9-12H2;1H. The monoisotopic (exact) mass is 319 g/mol. The minimum atomic E-state index is 0. The molecule has 0 bridgehead atoms. The summed E-state index contributed by atoms with van der Waals surface area (Å²) in [5.41, 5.74) is 2.80. The van der Waals surface area contributed by atoms with Crippen LogP contribution in [0.1, 0.15) is 10.4 Å². The van der Waals surface area contributed by atoms with Crippen molar-refractivity contribution >= 4 is 18.3 Å². The molecule has 1 aliphatic heterocycles. The molecule has 1 amide bonds. The van der Waals surface area contributed by atoms with Crippen LogP contribution in [0.25, 0.3) is 11.1 Å². The zero-order chi connectivity index (χ0) is 14.7. The number of quaternary nitrogens is 1. The Hall–Kier alpha value is -1.95. The Balaban J connectivity index is 0.00000176. The fraction of sp³-hybridized carbons (Fsp3) is 0.250. The van der Waals surface area contributed by atoms with Crippen molar-refractivity contribution in [1.29, 1.82) is 0 Å². The number of carbonyl (C=O) groups excluding carboxylic acids is 1. The minimum absolute atomic E-state index is 0. The van der Waals surface area contributed by atoms with Crippen LogP contribution in [-0.2, 0) is 0 Å². The number of nitrogens with one attached hydrogen (secondary N) is 1. The Morgan fingerprint density at radius 2 is 1.55 bits per heavy atom. The van der Waals surface area contributed by atoms with Gasteiger partial charge < -0.3 is 15.2 Å². The number of amides is 1. The third-order valence-corrected chi connectivity index (χ3v) is 3.75. The summed E-state index contributed by atoms with van der Waals surface area (Å²) in [5.74, 6) is 0.00350. The van der Waals surface area contributed by atoms with E-state index in [2.05, 4.69) is 4.98 Å². The third-order valence-electron chi connectivity index (χ3n) is 3.75. The Kier molecular flexibility index (Phi) is 5.49.